The topological polar surface area (TPSA) is 69.7 Å². The quantitative estimate of drug-likeness (QED) is 0.630. The highest BCUT2D eigenvalue weighted by Gasteiger charge is 2.26. The van der Waals surface area contributed by atoms with Gasteiger partial charge in [-0.3, -0.25) is 9.78 Å². The molecule has 2 aromatic rings. The molecule has 152 valence electrons. The van der Waals surface area contributed by atoms with E-state index >= 15 is 0 Å². The molecule has 1 heterocycles. The maximum absolute atomic E-state index is 13.0. The zero-order chi connectivity index (χ0) is 20.5. The zero-order valence-electron chi connectivity index (χ0n) is 17.3. The van der Waals surface area contributed by atoms with Gasteiger partial charge in [0.1, 0.15) is 6.61 Å². The highest BCUT2D eigenvalue weighted by atomic mass is 16.5. The SMILES string of the molecule is COCCOc1ccc([C@@H](C)NC(=O)[C@@H](c2cccnc2)C(C)C)cc1OC. The zero-order valence-corrected chi connectivity index (χ0v) is 17.3. The van der Waals surface area contributed by atoms with Crippen LogP contribution in [0.4, 0.5) is 0 Å². The first-order valence-corrected chi connectivity index (χ1v) is 9.47. The highest BCUT2D eigenvalue weighted by Crippen LogP contribution is 2.31. The Hall–Kier alpha value is -2.60. The summed E-state index contributed by atoms with van der Waals surface area (Å²) in [6.07, 6.45) is 3.47. The van der Waals surface area contributed by atoms with Crippen LogP contribution in [0.2, 0.25) is 0 Å². The van der Waals surface area contributed by atoms with E-state index in [4.69, 9.17) is 14.2 Å². The highest BCUT2D eigenvalue weighted by molar-refractivity contribution is 5.84. The lowest BCUT2D eigenvalue weighted by Gasteiger charge is -2.24. The van der Waals surface area contributed by atoms with E-state index in [1.807, 2.05) is 51.1 Å². The average molecular weight is 386 g/mol. The summed E-state index contributed by atoms with van der Waals surface area (Å²) in [4.78, 5) is 17.1. The number of hydrogen-bond acceptors (Lipinski definition) is 5. The van der Waals surface area contributed by atoms with Crippen molar-refractivity contribution in [3.63, 3.8) is 0 Å². The number of carbonyl (C=O) groups excluding carboxylic acids is 1. The number of nitrogens with zero attached hydrogens (tertiary/aromatic N) is 1. The fourth-order valence-electron chi connectivity index (χ4n) is 3.09. The van der Waals surface area contributed by atoms with Crippen molar-refractivity contribution in [1.82, 2.24) is 10.3 Å². The van der Waals surface area contributed by atoms with E-state index in [0.29, 0.717) is 24.7 Å². The number of benzene rings is 1. The molecule has 6 nitrogen and oxygen atoms in total. The number of carbonyl (C=O) groups is 1. The molecule has 2 rings (SSSR count). The van der Waals surface area contributed by atoms with Gasteiger partial charge >= 0.3 is 0 Å². The predicted octanol–water partition coefficient (Wildman–Crippen LogP) is 3.73. The fourth-order valence-corrected chi connectivity index (χ4v) is 3.09. The van der Waals surface area contributed by atoms with Crippen molar-refractivity contribution in [3.8, 4) is 11.5 Å². The Kier molecular flexibility index (Phi) is 8.26. The van der Waals surface area contributed by atoms with Crippen molar-refractivity contribution in [3.05, 3.63) is 53.9 Å². The number of methoxy groups -OCH3 is 2. The molecule has 0 aliphatic heterocycles. The van der Waals surface area contributed by atoms with E-state index in [9.17, 15) is 4.79 Å². The molecule has 0 fully saturated rings. The van der Waals surface area contributed by atoms with Crippen molar-refractivity contribution in [2.45, 2.75) is 32.7 Å². The van der Waals surface area contributed by atoms with Gasteiger partial charge in [-0.15, -0.1) is 0 Å². The molecule has 0 saturated carbocycles. The molecule has 1 N–H and O–H groups in total. The number of hydrogen-bond donors (Lipinski definition) is 1. The summed E-state index contributed by atoms with van der Waals surface area (Å²) in [5, 5.41) is 3.12. The summed E-state index contributed by atoms with van der Waals surface area (Å²) in [7, 11) is 3.23. The second kappa shape index (κ2) is 10.7. The minimum atomic E-state index is -0.255. The summed E-state index contributed by atoms with van der Waals surface area (Å²) >= 11 is 0. The van der Waals surface area contributed by atoms with Crippen LogP contribution >= 0.6 is 0 Å². The van der Waals surface area contributed by atoms with Crippen LogP contribution in [0.25, 0.3) is 0 Å². The van der Waals surface area contributed by atoms with Crippen LogP contribution in [-0.4, -0.2) is 38.3 Å². The summed E-state index contributed by atoms with van der Waals surface area (Å²) in [6.45, 7) is 6.98. The van der Waals surface area contributed by atoms with Crippen LogP contribution in [0.15, 0.2) is 42.7 Å². The molecule has 1 aromatic carbocycles. The maximum Gasteiger partial charge on any atom is 0.228 e. The van der Waals surface area contributed by atoms with E-state index in [2.05, 4.69) is 10.3 Å². The molecular formula is C22H30N2O4. The minimum Gasteiger partial charge on any atom is -0.493 e. The minimum absolute atomic E-state index is 0.0186. The Morgan fingerprint density at radius 2 is 1.86 bits per heavy atom. The van der Waals surface area contributed by atoms with Gasteiger partial charge in [0.25, 0.3) is 0 Å². The third-order valence-corrected chi connectivity index (χ3v) is 4.58. The van der Waals surface area contributed by atoms with Gasteiger partial charge in [0, 0.05) is 19.5 Å². The van der Waals surface area contributed by atoms with E-state index in [-0.39, 0.29) is 23.8 Å². The van der Waals surface area contributed by atoms with Crippen molar-refractivity contribution >= 4 is 5.91 Å². The second-order valence-corrected chi connectivity index (χ2v) is 6.99. The summed E-state index contributed by atoms with van der Waals surface area (Å²) in [5.74, 6) is 1.16. The molecule has 0 bridgehead atoms. The first-order chi connectivity index (χ1) is 13.5. The van der Waals surface area contributed by atoms with Crippen LogP contribution in [0.3, 0.4) is 0 Å². The Bertz CT molecular complexity index is 749. The van der Waals surface area contributed by atoms with Gasteiger partial charge in [0.05, 0.1) is 25.7 Å². The third kappa shape index (κ3) is 5.70. The number of amides is 1. The van der Waals surface area contributed by atoms with Crippen LogP contribution in [0.1, 0.15) is 43.9 Å². The smallest absolute Gasteiger partial charge is 0.228 e. The van der Waals surface area contributed by atoms with E-state index in [0.717, 1.165) is 11.1 Å². The Labute approximate surface area is 167 Å². The first kappa shape index (κ1) is 21.7. The number of nitrogens with one attached hydrogen (secondary N) is 1. The van der Waals surface area contributed by atoms with Gasteiger partial charge in [-0.1, -0.05) is 26.0 Å². The molecule has 0 aliphatic carbocycles. The molecule has 28 heavy (non-hydrogen) atoms. The fraction of sp³-hybridized carbons (Fsp3) is 0.455. The van der Waals surface area contributed by atoms with Crippen LogP contribution in [0, 0.1) is 5.92 Å². The van der Waals surface area contributed by atoms with Gasteiger partial charge in [0.15, 0.2) is 11.5 Å². The lowest BCUT2D eigenvalue weighted by molar-refractivity contribution is -0.124. The largest absolute Gasteiger partial charge is 0.493 e. The molecule has 1 aromatic heterocycles. The molecule has 0 saturated heterocycles. The molecule has 0 unspecified atom stereocenters. The number of aromatic nitrogens is 1. The number of ether oxygens (including phenoxy) is 3. The number of rotatable bonds is 10. The predicted molar refractivity (Wildman–Crippen MR) is 109 cm³/mol. The Morgan fingerprint density at radius 1 is 1.07 bits per heavy atom. The van der Waals surface area contributed by atoms with E-state index < -0.39 is 0 Å². The van der Waals surface area contributed by atoms with Crippen LogP contribution < -0.4 is 14.8 Å². The lowest BCUT2D eigenvalue weighted by atomic mass is 9.88. The van der Waals surface area contributed by atoms with Gasteiger partial charge in [-0.2, -0.15) is 0 Å². The van der Waals surface area contributed by atoms with Crippen molar-refractivity contribution < 1.29 is 19.0 Å². The normalized spacial score (nSPS) is 13.1. The molecule has 2 atom stereocenters. The average Bonchev–Trinajstić information content (AvgIpc) is 2.68. The molecule has 0 radical (unpaired) electrons. The first-order valence-electron chi connectivity index (χ1n) is 9.47. The summed E-state index contributed by atoms with van der Waals surface area (Å²) in [6, 6.07) is 9.30. The Balaban J connectivity index is 2.12. The lowest BCUT2D eigenvalue weighted by Crippen LogP contribution is -2.34. The standard InChI is InChI=1S/C22H30N2O4/c1-15(2)21(18-7-6-10-23-14-18)22(25)24-16(3)17-8-9-19(20(13-17)27-5)28-12-11-26-4/h6-10,13-16,21H,11-12H2,1-5H3,(H,24,25)/t16-,21-/m1/s1. The third-order valence-electron chi connectivity index (χ3n) is 4.58. The number of pyridine rings is 1. The van der Waals surface area contributed by atoms with Crippen molar-refractivity contribution in [2.24, 2.45) is 5.92 Å². The second-order valence-electron chi connectivity index (χ2n) is 6.99. The van der Waals surface area contributed by atoms with Crippen LogP contribution in [0.5, 0.6) is 11.5 Å². The monoisotopic (exact) mass is 386 g/mol. The molecule has 6 heteroatoms. The van der Waals surface area contributed by atoms with E-state index in [1.54, 1.807) is 26.6 Å². The van der Waals surface area contributed by atoms with Crippen molar-refractivity contribution in [2.75, 3.05) is 27.4 Å². The van der Waals surface area contributed by atoms with Gasteiger partial charge < -0.3 is 19.5 Å². The summed E-state index contributed by atoms with van der Waals surface area (Å²) in [5.41, 5.74) is 1.86. The molecule has 1 amide bonds. The van der Waals surface area contributed by atoms with Crippen LogP contribution in [-0.2, 0) is 9.53 Å². The van der Waals surface area contributed by atoms with E-state index in [1.165, 1.54) is 0 Å². The maximum atomic E-state index is 13.0. The Morgan fingerprint density at radius 3 is 2.46 bits per heavy atom. The van der Waals surface area contributed by atoms with Gasteiger partial charge in [0.2, 0.25) is 5.91 Å². The molecule has 0 aliphatic rings. The molecular weight excluding hydrogens is 356 g/mol. The summed E-state index contributed by atoms with van der Waals surface area (Å²) < 4.78 is 16.1. The molecule has 0 spiro atoms. The van der Waals surface area contributed by atoms with Crippen molar-refractivity contribution in [1.29, 1.82) is 0 Å². The van der Waals surface area contributed by atoms with Gasteiger partial charge in [-0.05, 0) is 42.2 Å². The van der Waals surface area contributed by atoms with Gasteiger partial charge in [-0.25, -0.2) is 0 Å².